The summed E-state index contributed by atoms with van der Waals surface area (Å²) >= 11 is 0. The molecule has 0 atom stereocenters. The highest BCUT2D eigenvalue weighted by molar-refractivity contribution is 5.88. The van der Waals surface area contributed by atoms with Gasteiger partial charge < -0.3 is 9.47 Å². The van der Waals surface area contributed by atoms with E-state index < -0.39 is 0 Å². The molecular formula is C14H24O3. The second kappa shape index (κ2) is 6.80. The fraction of sp³-hybridized carbons (Fsp3) is 0.786. The molecule has 0 aromatic rings. The number of allylic oxidation sites excluding steroid dienone is 1. The lowest BCUT2D eigenvalue weighted by molar-refractivity contribution is -0.212. The molecule has 0 spiro atoms. The van der Waals surface area contributed by atoms with Gasteiger partial charge in [-0.25, -0.2) is 4.79 Å². The topological polar surface area (TPSA) is 35.5 Å². The maximum Gasteiger partial charge on any atom is 0.334 e. The van der Waals surface area contributed by atoms with Crippen LogP contribution in [0.4, 0.5) is 0 Å². The van der Waals surface area contributed by atoms with Gasteiger partial charge in [-0.1, -0.05) is 32.3 Å². The van der Waals surface area contributed by atoms with Crippen LogP contribution in [0.1, 0.15) is 52.9 Å². The van der Waals surface area contributed by atoms with Gasteiger partial charge in [0.15, 0.2) is 5.60 Å². The van der Waals surface area contributed by atoms with Crippen molar-refractivity contribution in [3.63, 3.8) is 0 Å². The first-order valence-electron chi connectivity index (χ1n) is 6.57. The normalized spacial score (nSPS) is 18.6. The summed E-state index contributed by atoms with van der Waals surface area (Å²) < 4.78 is 10.8. The first-order chi connectivity index (χ1) is 8.13. The summed E-state index contributed by atoms with van der Waals surface area (Å²) in [6.45, 7) is 6.94. The molecule has 3 heteroatoms. The molecule has 0 radical (unpaired) electrons. The van der Waals surface area contributed by atoms with Crippen molar-refractivity contribution in [2.24, 2.45) is 0 Å². The van der Waals surface area contributed by atoms with Gasteiger partial charge in [-0.3, -0.25) is 0 Å². The van der Waals surface area contributed by atoms with Crippen LogP contribution in [0.15, 0.2) is 11.6 Å². The molecule has 0 aromatic heterocycles. The molecule has 1 heterocycles. The number of ether oxygens (including phenoxy) is 2. The molecule has 1 aliphatic heterocycles. The van der Waals surface area contributed by atoms with Gasteiger partial charge in [-0.2, -0.15) is 0 Å². The van der Waals surface area contributed by atoms with E-state index in [1.165, 1.54) is 19.3 Å². The number of rotatable bonds is 7. The average molecular weight is 240 g/mol. The van der Waals surface area contributed by atoms with Crippen molar-refractivity contribution in [1.29, 1.82) is 0 Å². The van der Waals surface area contributed by atoms with Crippen LogP contribution >= 0.6 is 0 Å². The van der Waals surface area contributed by atoms with Crippen LogP contribution in [-0.4, -0.2) is 24.8 Å². The third kappa shape index (κ3) is 4.15. The minimum Gasteiger partial charge on any atom is -0.451 e. The van der Waals surface area contributed by atoms with E-state index in [0.717, 1.165) is 12.8 Å². The summed E-state index contributed by atoms with van der Waals surface area (Å²) in [6, 6.07) is 0. The Morgan fingerprint density at radius 2 is 2.06 bits per heavy atom. The van der Waals surface area contributed by atoms with Gasteiger partial charge in [0.1, 0.15) is 0 Å². The molecule has 0 aromatic carbocycles. The van der Waals surface area contributed by atoms with Gasteiger partial charge in [-0.15, -0.1) is 0 Å². The summed E-state index contributed by atoms with van der Waals surface area (Å²) in [7, 11) is 0. The minimum absolute atomic E-state index is 0.203. The van der Waals surface area contributed by atoms with Crippen molar-refractivity contribution in [1.82, 2.24) is 0 Å². The molecule has 1 fully saturated rings. The van der Waals surface area contributed by atoms with E-state index in [9.17, 15) is 4.79 Å². The molecule has 3 nitrogen and oxygen atoms in total. The van der Waals surface area contributed by atoms with Crippen molar-refractivity contribution in [2.75, 3.05) is 13.2 Å². The summed E-state index contributed by atoms with van der Waals surface area (Å²) in [5.74, 6) is -0.203. The number of esters is 1. The van der Waals surface area contributed by atoms with E-state index in [2.05, 4.69) is 6.92 Å². The number of carbonyl (C=O) groups is 1. The fourth-order valence-corrected chi connectivity index (χ4v) is 1.85. The zero-order valence-corrected chi connectivity index (χ0v) is 11.3. The number of hydrogen-bond donors (Lipinski definition) is 0. The van der Waals surface area contributed by atoms with Crippen LogP contribution < -0.4 is 0 Å². The molecule has 0 amide bonds. The standard InChI is InChI=1S/C14H24O3/c1-4-6-7-8-9-14(10-16-11-14)17-13(15)12(3)5-2/h5H,4,6-11H2,1-3H3. The molecule has 1 aliphatic rings. The highest BCUT2D eigenvalue weighted by atomic mass is 16.6. The Balaban J connectivity index is 2.38. The van der Waals surface area contributed by atoms with Crippen molar-refractivity contribution < 1.29 is 14.3 Å². The molecule has 0 bridgehead atoms. The van der Waals surface area contributed by atoms with Crippen molar-refractivity contribution in [3.05, 3.63) is 11.6 Å². The SMILES string of the molecule is CC=C(C)C(=O)OC1(CCCCCC)COC1. The second-order valence-corrected chi connectivity index (χ2v) is 4.85. The lowest BCUT2D eigenvalue weighted by Crippen LogP contribution is -2.53. The summed E-state index contributed by atoms with van der Waals surface area (Å²) in [6.07, 6.45) is 7.50. The van der Waals surface area contributed by atoms with E-state index in [1.807, 2.05) is 6.92 Å². The Morgan fingerprint density at radius 3 is 2.53 bits per heavy atom. The van der Waals surface area contributed by atoms with Crippen LogP contribution in [0.3, 0.4) is 0 Å². The molecule has 1 saturated heterocycles. The minimum atomic E-state index is -0.338. The highest BCUT2D eigenvalue weighted by Crippen LogP contribution is 2.29. The number of hydrogen-bond acceptors (Lipinski definition) is 3. The number of unbranched alkanes of at least 4 members (excludes halogenated alkanes) is 3. The number of carbonyl (C=O) groups excluding carboxylic acids is 1. The van der Waals surface area contributed by atoms with Crippen LogP contribution in [0.2, 0.25) is 0 Å². The van der Waals surface area contributed by atoms with Crippen LogP contribution in [0.25, 0.3) is 0 Å². The quantitative estimate of drug-likeness (QED) is 0.389. The first kappa shape index (κ1) is 14.2. The summed E-state index contributed by atoms with van der Waals surface area (Å²) in [4.78, 5) is 11.7. The fourth-order valence-electron chi connectivity index (χ4n) is 1.85. The molecule has 17 heavy (non-hydrogen) atoms. The maximum atomic E-state index is 11.7. The van der Waals surface area contributed by atoms with E-state index >= 15 is 0 Å². The molecule has 0 N–H and O–H groups in total. The molecule has 0 aliphatic carbocycles. The van der Waals surface area contributed by atoms with E-state index in [0.29, 0.717) is 18.8 Å². The second-order valence-electron chi connectivity index (χ2n) is 4.85. The van der Waals surface area contributed by atoms with Gasteiger partial charge in [0, 0.05) is 5.57 Å². The van der Waals surface area contributed by atoms with Gasteiger partial charge in [-0.05, 0) is 26.7 Å². The Kier molecular flexibility index (Phi) is 5.69. The van der Waals surface area contributed by atoms with Crippen LogP contribution in [0.5, 0.6) is 0 Å². The van der Waals surface area contributed by atoms with Crippen molar-refractivity contribution >= 4 is 5.97 Å². The predicted molar refractivity (Wildman–Crippen MR) is 67.8 cm³/mol. The smallest absolute Gasteiger partial charge is 0.334 e. The van der Waals surface area contributed by atoms with E-state index in [-0.39, 0.29) is 11.6 Å². The van der Waals surface area contributed by atoms with E-state index in [1.54, 1.807) is 13.0 Å². The highest BCUT2D eigenvalue weighted by Gasteiger charge is 2.42. The lowest BCUT2D eigenvalue weighted by atomic mass is 9.93. The average Bonchev–Trinajstić information content (AvgIpc) is 2.29. The van der Waals surface area contributed by atoms with Crippen molar-refractivity contribution in [3.8, 4) is 0 Å². The Labute approximate surface area is 104 Å². The zero-order valence-electron chi connectivity index (χ0n) is 11.3. The summed E-state index contributed by atoms with van der Waals surface area (Å²) in [5.41, 5.74) is 0.333. The molecule has 98 valence electrons. The van der Waals surface area contributed by atoms with E-state index in [4.69, 9.17) is 9.47 Å². The van der Waals surface area contributed by atoms with Crippen molar-refractivity contribution in [2.45, 2.75) is 58.5 Å². The third-order valence-corrected chi connectivity index (χ3v) is 3.28. The predicted octanol–water partition coefficient (Wildman–Crippen LogP) is 3.24. The van der Waals surface area contributed by atoms with Gasteiger partial charge in [0.25, 0.3) is 0 Å². The largest absolute Gasteiger partial charge is 0.451 e. The Bertz CT molecular complexity index is 277. The Morgan fingerprint density at radius 1 is 1.35 bits per heavy atom. The monoisotopic (exact) mass is 240 g/mol. The zero-order chi connectivity index (χ0) is 12.7. The van der Waals surface area contributed by atoms with Crippen LogP contribution in [0, 0.1) is 0 Å². The Hall–Kier alpha value is -0.830. The van der Waals surface area contributed by atoms with Gasteiger partial charge in [0.2, 0.25) is 0 Å². The maximum absolute atomic E-state index is 11.7. The lowest BCUT2D eigenvalue weighted by Gasteiger charge is -2.40. The molecule has 1 rings (SSSR count). The third-order valence-electron chi connectivity index (χ3n) is 3.28. The molecule has 0 unspecified atom stereocenters. The molecular weight excluding hydrogens is 216 g/mol. The van der Waals surface area contributed by atoms with Gasteiger partial charge in [0.05, 0.1) is 13.2 Å². The first-order valence-corrected chi connectivity index (χ1v) is 6.57. The van der Waals surface area contributed by atoms with Crippen LogP contribution in [-0.2, 0) is 14.3 Å². The molecule has 0 saturated carbocycles. The van der Waals surface area contributed by atoms with Gasteiger partial charge >= 0.3 is 5.97 Å². The summed E-state index contributed by atoms with van der Waals surface area (Å²) in [5, 5.41) is 0.